The molecular formula is C20H20ClN3O3. The third-order valence-electron chi connectivity index (χ3n) is 3.99. The third-order valence-corrected chi connectivity index (χ3v) is 4.23. The molecule has 0 aliphatic rings. The maximum absolute atomic E-state index is 11.7. The van der Waals surface area contributed by atoms with Crippen LogP contribution < -0.4 is 9.64 Å². The molecule has 1 aromatic heterocycles. The molecule has 0 bridgehead atoms. The summed E-state index contributed by atoms with van der Waals surface area (Å²) in [7, 11) is 1.91. The van der Waals surface area contributed by atoms with Gasteiger partial charge in [-0.3, -0.25) is 4.98 Å². The molecule has 0 aliphatic carbocycles. The van der Waals surface area contributed by atoms with Crippen LogP contribution in [0.1, 0.15) is 13.8 Å². The fourth-order valence-electron chi connectivity index (χ4n) is 2.53. The van der Waals surface area contributed by atoms with Gasteiger partial charge in [0.1, 0.15) is 5.75 Å². The van der Waals surface area contributed by atoms with Crippen LogP contribution in [0.5, 0.6) is 5.75 Å². The Morgan fingerprint density at radius 1 is 1.19 bits per heavy atom. The summed E-state index contributed by atoms with van der Waals surface area (Å²) in [6.45, 7) is 3.75. The number of hydrogen-bond acceptors (Lipinski definition) is 6. The van der Waals surface area contributed by atoms with Crippen LogP contribution in [0, 0.1) is 0 Å². The molecule has 6 nitrogen and oxygen atoms in total. The number of fused-ring (bicyclic) bond motifs is 1. The lowest BCUT2D eigenvalue weighted by Gasteiger charge is -2.19. The number of hydrogen-bond donors (Lipinski definition) is 0. The lowest BCUT2D eigenvalue weighted by Crippen LogP contribution is -2.26. The summed E-state index contributed by atoms with van der Waals surface area (Å²) in [6, 6.07) is 12.8. The minimum Gasteiger partial charge on any atom is -0.479 e. The van der Waals surface area contributed by atoms with Crippen molar-refractivity contribution < 1.29 is 14.3 Å². The van der Waals surface area contributed by atoms with Gasteiger partial charge in [0.05, 0.1) is 23.8 Å². The second kappa shape index (κ2) is 8.22. The van der Waals surface area contributed by atoms with Gasteiger partial charge in [-0.15, -0.1) is 0 Å². The van der Waals surface area contributed by atoms with Crippen LogP contribution in [-0.4, -0.2) is 35.7 Å². The maximum Gasteiger partial charge on any atom is 0.347 e. The molecular weight excluding hydrogens is 366 g/mol. The Hall–Kier alpha value is -2.86. The zero-order valence-corrected chi connectivity index (χ0v) is 16.1. The number of benzene rings is 2. The smallest absolute Gasteiger partial charge is 0.347 e. The Labute approximate surface area is 162 Å². The average molecular weight is 386 g/mol. The number of carbonyl (C=O) groups is 1. The van der Waals surface area contributed by atoms with Gasteiger partial charge in [-0.1, -0.05) is 11.6 Å². The molecule has 1 heterocycles. The quantitative estimate of drug-likeness (QED) is 0.586. The molecule has 0 aliphatic heterocycles. The summed E-state index contributed by atoms with van der Waals surface area (Å²) in [4.78, 5) is 22.6. The molecule has 0 N–H and O–H groups in total. The predicted octanol–water partition coefficient (Wildman–Crippen LogP) is 4.38. The summed E-state index contributed by atoms with van der Waals surface area (Å²) in [5.41, 5.74) is 2.43. The van der Waals surface area contributed by atoms with E-state index >= 15 is 0 Å². The van der Waals surface area contributed by atoms with E-state index in [1.54, 1.807) is 44.3 Å². The molecule has 140 valence electrons. The van der Waals surface area contributed by atoms with Gasteiger partial charge in [0.15, 0.2) is 11.9 Å². The molecule has 0 saturated carbocycles. The molecule has 3 aromatic rings. The number of ether oxygens (including phenoxy) is 2. The van der Waals surface area contributed by atoms with E-state index in [1.807, 2.05) is 30.1 Å². The van der Waals surface area contributed by atoms with Gasteiger partial charge in [0.2, 0.25) is 0 Å². The molecule has 27 heavy (non-hydrogen) atoms. The summed E-state index contributed by atoms with van der Waals surface area (Å²) in [5, 5.41) is 0.630. The van der Waals surface area contributed by atoms with E-state index in [1.165, 1.54) is 0 Å². The Morgan fingerprint density at radius 2 is 1.93 bits per heavy atom. The highest BCUT2D eigenvalue weighted by Gasteiger charge is 2.16. The van der Waals surface area contributed by atoms with Gasteiger partial charge < -0.3 is 14.4 Å². The highest BCUT2D eigenvalue weighted by Crippen LogP contribution is 2.26. The fourth-order valence-corrected chi connectivity index (χ4v) is 2.69. The molecule has 1 unspecified atom stereocenters. The second-order valence-electron chi connectivity index (χ2n) is 5.93. The van der Waals surface area contributed by atoms with Crippen molar-refractivity contribution in [2.45, 2.75) is 20.0 Å². The van der Waals surface area contributed by atoms with Crippen LogP contribution in [-0.2, 0) is 9.53 Å². The monoisotopic (exact) mass is 385 g/mol. The van der Waals surface area contributed by atoms with Gasteiger partial charge in [0.25, 0.3) is 0 Å². The number of rotatable bonds is 6. The molecule has 0 spiro atoms. The maximum atomic E-state index is 11.7. The molecule has 3 rings (SSSR count). The van der Waals surface area contributed by atoms with Gasteiger partial charge in [-0.25, -0.2) is 9.78 Å². The highest BCUT2D eigenvalue weighted by molar-refractivity contribution is 6.31. The Balaban J connectivity index is 1.74. The number of halogens is 1. The predicted molar refractivity (Wildman–Crippen MR) is 106 cm³/mol. The lowest BCUT2D eigenvalue weighted by atomic mass is 10.2. The number of aromatic nitrogens is 2. The molecule has 0 fully saturated rings. The SMILES string of the molecule is CCOC(=O)C(C)Oc1ccc(N(C)c2cnc3cc(Cl)ccc3n2)cc1. The number of carbonyl (C=O) groups excluding carboxylic acids is 1. The molecule has 2 aromatic carbocycles. The minimum atomic E-state index is -0.660. The average Bonchev–Trinajstić information content (AvgIpc) is 2.67. The first kappa shape index (κ1) is 18.9. The van der Waals surface area contributed by atoms with Gasteiger partial charge in [-0.05, 0) is 56.3 Å². The number of anilines is 2. The van der Waals surface area contributed by atoms with Crippen LogP contribution in [0.4, 0.5) is 11.5 Å². The standard InChI is InChI=1S/C20H20ClN3O3/c1-4-26-20(25)13(2)27-16-8-6-15(7-9-16)24(3)19-12-22-18-11-14(21)5-10-17(18)23-19/h5-13H,4H2,1-3H3. The van der Waals surface area contributed by atoms with Crippen molar-refractivity contribution in [1.29, 1.82) is 0 Å². The largest absolute Gasteiger partial charge is 0.479 e. The van der Waals surface area contributed by atoms with Crippen molar-refractivity contribution in [2.24, 2.45) is 0 Å². The van der Waals surface area contributed by atoms with Crippen molar-refractivity contribution in [2.75, 3.05) is 18.6 Å². The van der Waals surface area contributed by atoms with E-state index in [9.17, 15) is 4.79 Å². The first-order chi connectivity index (χ1) is 13.0. The van der Waals surface area contributed by atoms with Crippen LogP contribution >= 0.6 is 11.6 Å². The first-order valence-electron chi connectivity index (χ1n) is 8.57. The van der Waals surface area contributed by atoms with Crippen LogP contribution in [0.3, 0.4) is 0 Å². The van der Waals surface area contributed by atoms with Crippen LogP contribution in [0.15, 0.2) is 48.7 Å². The Kier molecular flexibility index (Phi) is 5.76. The zero-order valence-electron chi connectivity index (χ0n) is 15.3. The summed E-state index contributed by atoms with van der Waals surface area (Å²) >= 11 is 5.99. The van der Waals surface area contributed by atoms with Crippen molar-refractivity contribution in [1.82, 2.24) is 9.97 Å². The molecule has 0 saturated heterocycles. The van der Waals surface area contributed by atoms with Crippen molar-refractivity contribution >= 4 is 40.1 Å². The molecule has 7 heteroatoms. The van der Waals surface area contributed by atoms with Gasteiger partial charge >= 0.3 is 5.97 Å². The van der Waals surface area contributed by atoms with Gasteiger partial charge in [-0.2, -0.15) is 0 Å². The summed E-state index contributed by atoms with van der Waals surface area (Å²) in [5.74, 6) is 0.913. The van der Waals surface area contributed by atoms with E-state index < -0.39 is 6.10 Å². The van der Waals surface area contributed by atoms with Crippen LogP contribution in [0.25, 0.3) is 11.0 Å². The molecule has 0 amide bonds. The Bertz CT molecular complexity index is 947. The third kappa shape index (κ3) is 4.46. The second-order valence-corrected chi connectivity index (χ2v) is 6.36. The molecule has 1 atom stereocenters. The van der Waals surface area contributed by atoms with Crippen molar-refractivity contribution in [3.05, 3.63) is 53.7 Å². The van der Waals surface area contributed by atoms with Crippen LogP contribution in [0.2, 0.25) is 5.02 Å². The van der Waals surface area contributed by atoms with Crippen molar-refractivity contribution in [3.8, 4) is 5.75 Å². The van der Waals surface area contributed by atoms with E-state index in [0.717, 1.165) is 16.7 Å². The minimum absolute atomic E-state index is 0.329. The summed E-state index contributed by atoms with van der Waals surface area (Å²) < 4.78 is 10.5. The van der Waals surface area contributed by atoms with E-state index in [0.29, 0.717) is 23.2 Å². The highest BCUT2D eigenvalue weighted by atomic mass is 35.5. The zero-order chi connectivity index (χ0) is 19.4. The Morgan fingerprint density at radius 3 is 2.63 bits per heavy atom. The number of nitrogens with zero attached hydrogens (tertiary/aromatic N) is 3. The topological polar surface area (TPSA) is 64.6 Å². The van der Waals surface area contributed by atoms with Crippen molar-refractivity contribution in [3.63, 3.8) is 0 Å². The summed E-state index contributed by atoms with van der Waals surface area (Å²) in [6.07, 6.45) is 1.04. The molecule has 0 radical (unpaired) electrons. The van der Waals surface area contributed by atoms with E-state index in [-0.39, 0.29) is 5.97 Å². The normalized spacial score (nSPS) is 11.9. The lowest BCUT2D eigenvalue weighted by molar-refractivity contribution is -0.150. The van der Waals surface area contributed by atoms with E-state index in [2.05, 4.69) is 9.97 Å². The fraction of sp³-hybridized carbons (Fsp3) is 0.250. The number of esters is 1. The van der Waals surface area contributed by atoms with Gasteiger partial charge in [0, 0.05) is 17.8 Å². The van der Waals surface area contributed by atoms with E-state index in [4.69, 9.17) is 21.1 Å². The first-order valence-corrected chi connectivity index (χ1v) is 8.95.